The van der Waals surface area contributed by atoms with Crippen LogP contribution in [-0.2, 0) is 6.61 Å². The minimum atomic E-state index is -0.243. The van der Waals surface area contributed by atoms with Gasteiger partial charge in [-0.2, -0.15) is 5.26 Å². The van der Waals surface area contributed by atoms with Gasteiger partial charge in [-0.05, 0) is 55.5 Å². The molecule has 0 atom stereocenters. The Bertz CT molecular complexity index is 1150. The van der Waals surface area contributed by atoms with E-state index in [0.29, 0.717) is 22.0 Å². The average Bonchev–Trinajstić information content (AvgIpc) is 2.85. The van der Waals surface area contributed by atoms with E-state index in [-0.39, 0.29) is 30.4 Å². The van der Waals surface area contributed by atoms with Crippen LogP contribution in [-0.4, -0.2) is 33.4 Å². The van der Waals surface area contributed by atoms with Gasteiger partial charge in [0, 0.05) is 17.7 Å². The molecular formula is C25H23ClN4O3. The number of ether oxygens (including phenoxy) is 1. The van der Waals surface area contributed by atoms with Crippen molar-refractivity contribution >= 4 is 17.5 Å². The molecule has 0 bridgehead atoms. The first-order valence-corrected chi connectivity index (χ1v) is 11.1. The fraction of sp³-hybridized carbons (Fsp3) is 0.280. The lowest BCUT2D eigenvalue weighted by molar-refractivity contribution is 0.0888. The SMILES string of the molecule is N#Cc1ccc(OC2CCC(NC(=O)c3ccc(-c4ccc(CO)cc4)nn3)CC2)cc1Cl. The van der Waals surface area contributed by atoms with Crippen molar-refractivity contribution in [2.75, 3.05) is 0 Å². The van der Waals surface area contributed by atoms with E-state index in [4.69, 9.17) is 26.7 Å². The topological polar surface area (TPSA) is 108 Å². The quantitative estimate of drug-likeness (QED) is 0.566. The first kappa shape index (κ1) is 22.7. The molecule has 7 nitrogen and oxygen atoms in total. The number of aliphatic hydroxyl groups excluding tert-OH is 1. The molecule has 0 spiro atoms. The number of benzene rings is 2. The van der Waals surface area contributed by atoms with E-state index in [9.17, 15) is 4.79 Å². The summed E-state index contributed by atoms with van der Waals surface area (Å²) in [5.74, 6) is 0.403. The van der Waals surface area contributed by atoms with E-state index in [1.54, 1.807) is 30.3 Å². The van der Waals surface area contributed by atoms with Crippen LogP contribution in [0.3, 0.4) is 0 Å². The van der Waals surface area contributed by atoms with Crippen LogP contribution < -0.4 is 10.1 Å². The molecule has 1 saturated carbocycles. The molecule has 2 aromatic carbocycles. The molecule has 1 fully saturated rings. The Labute approximate surface area is 197 Å². The third-order valence-corrected chi connectivity index (χ3v) is 6.02. The highest BCUT2D eigenvalue weighted by Crippen LogP contribution is 2.27. The second-order valence-corrected chi connectivity index (χ2v) is 8.38. The Balaban J connectivity index is 1.28. The molecule has 1 amide bonds. The smallest absolute Gasteiger partial charge is 0.272 e. The number of nitrogens with zero attached hydrogens (tertiary/aromatic N) is 3. The third-order valence-electron chi connectivity index (χ3n) is 5.70. The summed E-state index contributed by atoms with van der Waals surface area (Å²) in [5, 5.41) is 29.8. The largest absolute Gasteiger partial charge is 0.490 e. The predicted octanol–water partition coefficient (Wildman–Crippen LogP) is 4.28. The second-order valence-electron chi connectivity index (χ2n) is 7.98. The van der Waals surface area contributed by atoms with Gasteiger partial charge in [-0.1, -0.05) is 35.9 Å². The lowest BCUT2D eigenvalue weighted by Crippen LogP contribution is -2.40. The van der Waals surface area contributed by atoms with Gasteiger partial charge in [-0.15, -0.1) is 10.2 Å². The first-order valence-electron chi connectivity index (χ1n) is 10.8. The second kappa shape index (κ2) is 10.4. The molecule has 168 valence electrons. The van der Waals surface area contributed by atoms with Crippen LogP contribution in [0.1, 0.15) is 47.3 Å². The highest BCUT2D eigenvalue weighted by molar-refractivity contribution is 6.31. The number of aliphatic hydroxyl groups is 1. The summed E-state index contributed by atoms with van der Waals surface area (Å²) in [7, 11) is 0. The normalized spacial score (nSPS) is 17.7. The summed E-state index contributed by atoms with van der Waals surface area (Å²) in [5.41, 5.74) is 3.05. The average molecular weight is 463 g/mol. The molecule has 1 heterocycles. The number of nitrogens with one attached hydrogen (secondary N) is 1. The van der Waals surface area contributed by atoms with Crippen LogP contribution in [0.5, 0.6) is 5.75 Å². The van der Waals surface area contributed by atoms with Crippen LogP contribution in [0, 0.1) is 11.3 Å². The number of carbonyl (C=O) groups excluding carboxylic acids is 1. The van der Waals surface area contributed by atoms with Crippen molar-refractivity contribution in [3.63, 3.8) is 0 Å². The van der Waals surface area contributed by atoms with Crippen molar-refractivity contribution in [3.8, 4) is 23.1 Å². The maximum absolute atomic E-state index is 12.6. The maximum atomic E-state index is 12.6. The summed E-state index contributed by atoms with van der Waals surface area (Å²) in [6.45, 7) is -0.0110. The van der Waals surface area contributed by atoms with E-state index in [1.165, 1.54) is 0 Å². The van der Waals surface area contributed by atoms with Gasteiger partial charge in [-0.25, -0.2) is 0 Å². The summed E-state index contributed by atoms with van der Waals surface area (Å²) in [6, 6.07) is 18.0. The Morgan fingerprint density at radius 2 is 1.85 bits per heavy atom. The summed E-state index contributed by atoms with van der Waals surface area (Å²) < 4.78 is 6.00. The van der Waals surface area contributed by atoms with Crippen LogP contribution in [0.4, 0.5) is 0 Å². The van der Waals surface area contributed by atoms with Gasteiger partial charge in [-0.3, -0.25) is 4.79 Å². The lowest BCUT2D eigenvalue weighted by atomic mass is 9.92. The Morgan fingerprint density at radius 1 is 1.09 bits per heavy atom. The molecule has 2 N–H and O–H groups in total. The Morgan fingerprint density at radius 3 is 2.45 bits per heavy atom. The van der Waals surface area contributed by atoms with Crippen molar-refractivity contribution in [1.29, 1.82) is 5.26 Å². The van der Waals surface area contributed by atoms with Crippen LogP contribution >= 0.6 is 11.6 Å². The van der Waals surface area contributed by atoms with Crippen molar-refractivity contribution < 1.29 is 14.6 Å². The Hall–Kier alpha value is -3.47. The molecule has 1 aromatic heterocycles. The monoisotopic (exact) mass is 462 g/mol. The molecule has 1 aliphatic carbocycles. The van der Waals surface area contributed by atoms with E-state index in [0.717, 1.165) is 36.8 Å². The minimum Gasteiger partial charge on any atom is -0.490 e. The van der Waals surface area contributed by atoms with Gasteiger partial charge in [0.2, 0.25) is 0 Å². The fourth-order valence-electron chi connectivity index (χ4n) is 3.82. The molecule has 0 aliphatic heterocycles. The molecule has 33 heavy (non-hydrogen) atoms. The molecule has 0 unspecified atom stereocenters. The van der Waals surface area contributed by atoms with Gasteiger partial charge in [0.15, 0.2) is 5.69 Å². The van der Waals surface area contributed by atoms with Crippen LogP contribution in [0.25, 0.3) is 11.3 Å². The number of hydrogen-bond acceptors (Lipinski definition) is 6. The number of rotatable bonds is 6. The van der Waals surface area contributed by atoms with Crippen LogP contribution in [0.15, 0.2) is 54.6 Å². The van der Waals surface area contributed by atoms with E-state index in [1.807, 2.05) is 30.3 Å². The minimum absolute atomic E-state index is 0.0110. The van der Waals surface area contributed by atoms with Crippen LogP contribution in [0.2, 0.25) is 5.02 Å². The molecule has 8 heteroatoms. The molecule has 0 saturated heterocycles. The zero-order valence-corrected chi connectivity index (χ0v) is 18.6. The summed E-state index contributed by atoms with van der Waals surface area (Å²) in [4.78, 5) is 12.6. The zero-order valence-electron chi connectivity index (χ0n) is 17.9. The number of nitriles is 1. The number of halogens is 1. The van der Waals surface area contributed by atoms with Crippen molar-refractivity contribution in [2.24, 2.45) is 0 Å². The first-order chi connectivity index (χ1) is 16.1. The molecule has 1 aliphatic rings. The van der Waals surface area contributed by atoms with Gasteiger partial charge in [0.25, 0.3) is 5.91 Å². The van der Waals surface area contributed by atoms with E-state index in [2.05, 4.69) is 15.5 Å². The lowest BCUT2D eigenvalue weighted by Gasteiger charge is -2.29. The Kier molecular flexibility index (Phi) is 7.18. The molecular weight excluding hydrogens is 440 g/mol. The summed E-state index contributed by atoms with van der Waals surface area (Å²) >= 11 is 6.07. The molecule has 3 aromatic rings. The van der Waals surface area contributed by atoms with E-state index >= 15 is 0 Å². The number of amides is 1. The van der Waals surface area contributed by atoms with Crippen molar-refractivity contribution in [1.82, 2.24) is 15.5 Å². The predicted molar refractivity (Wildman–Crippen MR) is 124 cm³/mol. The molecule has 0 radical (unpaired) electrons. The maximum Gasteiger partial charge on any atom is 0.272 e. The molecule has 4 rings (SSSR count). The number of aromatic nitrogens is 2. The van der Waals surface area contributed by atoms with E-state index < -0.39 is 0 Å². The third kappa shape index (κ3) is 5.67. The highest BCUT2D eigenvalue weighted by Gasteiger charge is 2.24. The number of hydrogen-bond donors (Lipinski definition) is 2. The van der Waals surface area contributed by atoms with Gasteiger partial charge < -0.3 is 15.2 Å². The van der Waals surface area contributed by atoms with Gasteiger partial charge >= 0.3 is 0 Å². The highest BCUT2D eigenvalue weighted by atomic mass is 35.5. The van der Waals surface area contributed by atoms with Crippen molar-refractivity contribution in [3.05, 3.63) is 76.4 Å². The fourth-order valence-corrected chi connectivity index (χ4v) is 4.04. The standard InChI is InChI=1S/C25H23ClN4O3/c26-22-13-21(8-5-18(22)14-27)33-20-9-6-19(7-10-20)28-25(32)24-12-11-23(29-30-24)17-3-1-16(15-31)2-4-17/h1-5,8,11-13,19-20,31H,6-7,9-10,15H2,(H,28,32). The number of carbonyl (C=O) groups is 1. The summed E-state index contributed by atoms with van der Waals surface area (Å²) in [6.07, 6.45) is 3.23. The van der Waals surface area contributed by atoms with Gasteiger partial charge in [0.1, 0.15) is 11.8 Å². The van der Waals surface area contributed by atoms with Gasteiger partial charge in [0.05, 0.1) is 29.0 Å². The zero-order chi connectivity index (χ0) is 23.2. The van der Waals surface area contributed by atoms with Crippen molar-refractivity contribution in [2.45, 2.75) is 44.4 Å².